The molecule has 72 valence electrons. The summed E-state index contributed by atoms with van der Waals surface area (Å²) in [5, 5.41) is 3.11. The summed E-state index contributed by atoms with van der Waals surface area (Å²) in [6, 6.07) is 4.18. The van der Waals surface area contributed by atoms with Gasteiger partial charge in [-0.25, -0.2) is 0 Å². The van der Waals surface area contributed by atoms with Crippen LogP contribution >= 0.6 is 15.9 Å². The molecule has 0 saturated heterocycles. The molecule has 0 amide bonds. The van der Waals surface area contributed by atoms with E-state index < -0.39 is 0 Å². The Morgan fingerprint density at radius 3 is 2.69 bits per heavy atom. The van der Waals surface area contributed by atoms with E-state index in [4.69, 9.17) is 4.74 Å². The van der Waals surface area contributed by atoms with Crippen molar-refractivity contribution in [3.63, 3.8) is 0 Å². The fourth-order valence-electron chi connectivity index (χ4n) is 1.35. The van der Waals surface area contributed by atoms with Crippen LogP contribution in [0.4, 0.5) is 0 Å². The highest BCUT2D eigenvalue weighted by Crippen LogP contribution is 2.30. The molecule has 0 aliphatic rings. The molecule has 13 heavy (non-hydrogen) atoms. The lowest BCUT2D eigenvalue weighted by atomic mass is 10.1. The number of ether oxygens (including phenoxy) is 1. The van der Waals surface area contributed by atoms with Gasteiger partial charge >= 0.3 is 0 Å². The van der Waals surface area contributed by atoms with Gasteiger partial charge in [0.25, 0.3) is 0 Å². The Labute approximate surface area is 87.4 Å². The van der Waals surface area contributed by atoms with Gasteiger partial charge in [-0.05, 0) is 41.5 Å². The van der Waals surface area contributed by atoms with Gasteiger partial charge < -0.3 is 10.1 Å². The lowest BCUT2D eigenvalue weighted by molar-refractivity contribution is 0.405. The molecule has 0 aliphatic carbocycles. The molecule has 0 bridgehead atoms. The smallest absolute Gasteiger partial charge is 0.137 e. The zero-order valence-corrected chi connectivity index (χ0v) is 9.73. The van der Waals surface area contributed by atoms with Crippen LogP contribution in [0.25, 0.3) is 0 Å². The predicted molar refractivity (Wildman–Crippen MR) is 58.2 cm³/mol. The highest BCUT2D eigenvalue weighted by Gasteiger charge is 2.07. The first-order valence-corrected chi connectivity index (χ1v) is 4.96. The summed E-state index contributed by atoms with van der Waals surface area (Å²) in [5.41, 5.74) is 2.41. The molecule has 1 N–H and O–H groups in total. The van der Waals surface area contributed by atoms with Crippen molar-refractivity contribution in [1.82, 2.24) is 5.32 Å². The molecular formula is C10H14BrNO. The Kier molecular flexibility index (Phi) is 3.75. The van der Waals surface area contributed by atoms with Crippen LogP contribution in [-0.4, -0.2) is 14.2 Å². The Morgan fingerprint density at radius 2 is 2.15 bits per heavy atom. The largest absolute Gasteiger partial charge is 0.495 e. The number of rotatable bonds is 3. The zero-order chi connectivity index (χ0) is 9.84. The van der Waals surface area contributed by atoms with E-state index in [0.29, 0.717) is 0 Å². The summed E-state index contributed by atoms with van der Waals surface area (Å²) in [6.45, 7) is 2.90. The van der Waals surface area contributed by atoms with Crippen molar-refractivity contribution in [1.29, 1.82) is 0 Å². The van der Waals surface area contributed by atoms with E-state index >= 15 is 0 Å². The van der Waals surface area contributed by atoms with Crippen molar-refractivity contribution in [3.8, 4) is 5.75 Å². The van der Waals surface area contributed by atoms with Crippen molar-refractivity contribution >= 4 is 15.9 Å². The van der Waals surface area contributed by atoms with Gasteiger partial charge in [0, 0.05) is 12.1 Å². The number of aryl methyl sites for hydroxylation is 1. The molecule has 3 heteroatoms. The third kappa shape index (κ3) is 2.45. The molecule has 2 nitrogen and oxygen atoms in total. The predicted octanol–water partition coefficient (Wildman–Crippen LogP) is 2.49. The first kappa shape index (κ1) is 10.5. The number of nitrogens with one attached hydrogen (secondary N) is 1. The minimum absolute atomic E-state index is 0.823. The Hall–Kier alpha value is -0.540. The van der Waals surface area contributed by atoms with Crippen LogP contribution in [0.3, 0.4) is 0 Å². The topological polar surface area (TPSA) is 21.3 Å². The molecule has 0 radical (unpaired) electrons. The van der Waals surface area contributed by atoms with Crippen molar-refractivity contribution < 1.29 is 4.74 Å². The molecule has 0 spiro atoms. The molecule has 1 rings (SSSR count). The van der Waals surface area contributed by atoms with E-state index in [9.17, 15) is 0 Å². The third-order valence-corrected chi connectivity index (χ3v) is 2.43. The van der Waals surface area contributed by atoms with E-state index in [1.165, 1.54) is 11.1 Å². The van der Waals surface area contributed by atoms with Crippen LogP contribution in [0.5, 0.6) is 5.75 Å². The number of halogens is 1. The fraction of sp³-hybridized carbons (Fsp3) is 0.400. The molecular weight excluding hydrogens is 230 g/mol. The zero-order valence-electron chi connectivity index (χ0n) is 8.15. The third-order valence-electron chi connectivity index (χ3n) is 1.84. The first-order valence-electron chi connectivity index (χ1n) is 4.16. The molecule has 0 aromatic heterocycles. The molecule has 0 atom stereocenters. The Bertz CT molecular complexity index is 299. The van der Waals surface area contributed by atoms with E-state index in [0.717, 1.165) is 16.8 Å². The number of benzene rings is 1. The van der Waals surface area contributed by atoms with Crippen LogP contribution in [0.2, 0.25) is 0 Å². The summed E-state index contributed by atoms with van der Waals surface area (Å²) in [5.74, 6) is 0.917. The van der Waals surface area contributed by atoms with Crippen LogP contribution in [0, 0.1) is 6.92 Å². The van der Waals surface area contributed by atoms with E-state index in [1.54, 1.807) is 7.11 Å². The van der Waals surface area contributed by atoms with Gasteiger partial charge in [-0.1, -0.05) is 6.07 Å². The van der Waals surface area contributed by atoms with E-state index in [1.807, 2.05) is 7.05 Å². The van der Waals surface area contributed by atoms with Crippen LogP contribution in [-0.2, 0) is 6.54 Å². The molecule has 0 unspecified atom stereocenters. The monoisotopic (exact) mass is 243 g/mol. The first-order chi connectivity index (χ1) is 6.19. The number of hydrogen-bond donors (Lipinski definition) is 1. The van der Waals surface area contributed by atoms with E-state index in [2.05, 4.69) is 40.3 Å². The molecule has 1 aromatic rings. The van der Waals surface area contributed by atoms with Gasteiger partial charge in [0.1, 0.15) is 5.75 Å². The average Bonchev–Trinajstić information content (AvgIpc) is 2.04. The quantitative estimate of drug-likeness (QED) is 0.881. The summed E-state index contributed by atoms with van der Waals surface area (Å²) >= 11 is 3.48. The van der Waals surface area contributed by atoms with Crippen molar-refractivity contribution in [2.45, 2.75) is 13.5 Å². The molecule has 1 aromatic carbocycles. The SMILES string of the molecule is CNCc1cc(C)cc(Br)c1OC. The fourth-order valence-corrected chi connectivity index (χ4v) is 2.13. The molecule has 0 fully saturated rings. The Balaban J connectivity index is 3.13. The van der Waals surface area contributed by atoms with Gasteiger partial charge in [0.15, 0.2) is 0 Å². The van der Waals surface area contributed by atoms with Gasteiger partial charge in [0.05, 0.1) is 11.6 Å². The normalized spacial score (nSPS) is 10.2. The second-order valence-corrected chi connectivity index (χ2v) is 3.82. The summed E-state index contributed by atoms with van der Waals surface area (Å²) < 4.78 is 6.31. The van der Waals surface area contributed by atoms with E-state index in [-0.39, 0.29) is 0 Å². The average molecular weight is 244 g/mol. The maximum absolute atomic E-state index is 5.30. The number of hydrogen-bond acceptors (Lipinski definition) is 2. The van der Waals surface area contributed by atoms with Crippen molar-refractivity contribution in [2.24, 2.45) is 0 Å². The minimum Gasteiger partial charge on any atom is -0.495 e. The number of methoxy groups -OCH3 is 1. The van der Waals surface area contributed by atoms with Crippen molar-refractivity contribution in [3.05, 3.63) is 27.7 Å². The van der Waals surface area contributed by atoms with Crippen LogP contribution in [0.15, 0.2) is 16.6 Å². The molecule has 0 saturated carbocycles. The second kappa shape index (κ2) is 4.63. The van der Waals surface area contributed by atoms with Gasteiger partial charge in [-0.2, -0.15) is 0 Å². The molecule has 0 heterocycles. The van der Waals surface area contributed by atoms with Crippen LogP contribution < -0.4 is 10.1 Å². The lowest BCUT2D eigenvalue weighted by Gasteiger charge is -2.11. The summed E-state index contributed by atoms with van der Waals surface area (Å²) in [6.07, 6.45) is 0. The van der Waals surface area contributed by atoms with Crippen molar-refractivity contribution in [2.75, 3.05) is 14.2 Å². The van der Waals surface area contributed by atoms with Gasteiger partial charge in [-0.3, -0.25) is 0 Å². The van der Waals surface area contributed by atoms with Crippen LogP contribution in [0.1, 0.15) is 11.1 Å². The minimum atomic E-state index is 0.823. The maximum Gasteiger partial charge on any atom is 0.137 e. The second-order valence-electron chi connectivity index (χ2n) is 2.97. The van der Waals surface area contributed by atoms with Gasteiger partial charge in [-0.15, -0.1) is 0 Å². The van der Waals surface area contributed by atoms with Gasteiger partial charge in [0.2, 0.25) is 0 Å². The lowest BCUT2D eigenvalue weighted by Crippen LogP contribution is -2.07. The summed E-state index contributed by atoms with van der Waals surface area (Å²) in [4.78, 5) is 0. The standard InChI is InChI=1S/C10H14BrNO/c1-7-4-8(6-12-2)10(13-3)9(11)5-7/h4-5,12H,6H2,1-3H3. The highest BCUT2D eigenvalue weighted by molar-refractivity contribution is 9.10. The summed E-state index contributed by atoms with van der Waals surface area (Å²) in [7, 11) is 3.62. The molecule has 0 aliphatic heterocycles. The maximum atomic E-state index is 5.30. The Morgan fingerprint density at radius 1 is 1.46 bits per heavy atom. The highest BCUT2D eigenvalue weighted by atomic mass is 79.9.